The number of carboxylic acids is 2. The van der Waals surface area contributed by atoms with Crippen LogP contribution < -0.4 is 15.5 Å². The molecule has 0 bridgehead atoms. The van der Waals surface area contributed by atoms with Crippen molar-refractivity contribution < 1.29 is 33.7 Å². The van der Waals surface area contributed by atoms with Crippen molar-refractivity contribution in [1.29, 1.82) is 0 Å². The van der Waals surface area contributed by atoms with Gasteiger partial charge in [-0.2, -0.15) is 0 Å². The van der Waals surface area contributed by atoms with Crippen LogP contribution in [-0.2, 0) is 4.74 Å². The van der Waals surface area contributed by atoms with Crippen LogP contribution in [0.15, 0.2) is 35.3 Å². The monoisotopic (exact) mass is 483 g/mol. The molecule has 1 fully saturated rings. The Labute approximate surface area is 198 Å². The number of fused-ring (bicyclic) bond motifs is 2. The summed E-state index contributed by atoms with van der Waals surface area (Å²) in [6.07, 6.45) is 1.86. The van der Waals surface area contributed by atoms with E-state index in [-0.39, 0.29) is 33.7 Å². The van der Waals surface area contributed by atoms with Crippen LogP contribution in [0.4, 0.5) is 10.1 Å². The molecule has 5 rings (SSSR count). The van der Waals surface area contributed by atoms with Gasteiger partial charge >= 0.3 is 11.9 Å². The minimum atomic E-state index is -1.46. The zero-order valence-electron chi connectivity index (χ0n) is 18.5. The average molecular weight is 483 g/mol. The third-order valence-corrected chi connectivity index (χ3v) is 6.16. The highest BCUT2D eigenvalue weighted by atomic mass is 19.1. The summed E-state index contributed by atoms with van der Waals surface area (Å²) in [4.78, 5) is 38.3. The van der Waals surface area contributed by atoms with Gasteiger partial charge in [0, 0.05) is 25.8 Å². The predicted octanol–water partition coefficient (Wildman–Crippen LogP) is 2.77. The van der Waals surface area contributed by atoms with Crippen LogP contribution in [0.5, 0.6) is 11.5 Å². The smallest absolute Gasteiger partial charge is 0.341 e. The number of carbonyl (C=O) groups is 2. The van der Waals surface area contributed by atoms with Crippen LogP contribution in [-0.4, -0.2) is 71.0 Å². The summed E-state index contributed by atoms with van der Waals surface area (Å²) >= 11 is 0. The lowest BCUT2D eigenvalue weighted by Crippen LogP contribution is -2.37. The van der Waals surface area contributed by atoms with Gasteiger partial charge in [0.15, 0.2) is 17.3 Å². The van der Waals surface area contributed by atoms with Gasteiger partial charge in [0.25, 0.3) is 0 Å². The second-order valence-corrected chi connectivity index (χ2v) is 8.33. The molecule has 182 valence electrons. The number of aromatic nitrogens is 1. The van der Waals surface area contributed by atoms with E-state index in [1.807, 2.05) is 0 Å². The largest absolute Gasteiger partial charge is 0.478 e. The Morgan fingerprint density at radius 2 is 1.89 bits per heavy atom. The fraction of sp³-hybridized carbons (Fsp3) is 0.292. The number of rotatable bonds is 7. The molecule has 3 heterocycles. The van der Waals surface area contributed by atoms with Crippen LogP contribution in [0.1, 0.15) is 27.1 Å². The molecule has 2 aromatic carbocycles. The lowest BCUT2D eigenvalue weighted by Gasteiger charge is -2.27. The number of nitrogens with zero attached hydrogens (tertiary/aromatic N) is 2. The third-order valence-electron chi connectivity index (χ3n) is 6.16. The maximum absolute atomic E-state index is 15.2. The van der Waals surface area contributed by atoms with Crippen LogP contribution >= 0.6 is 0 Å². The molecule has 1 aromatic heterocycles. The fourth-order valence-corrected chi connectivity index (χ4v) is 4.41. The molecule has 0 atom stereocenters. The topological polar surface area (TPSA) is 130 Å². The van der Waals surface area contributed by atoms with E-state index in [2.05, 4.69) is 10.2 Å². The van der Waals surface area contributed by atoms with E-state index in [0.29, 0.717) is 31.9 Å². The normalized spacial score (nSPS) is 14.9. The number of anilines is 1. The maximum Gasteiger partial charge on any atom is 0.341 e. The predicted molar refractivity (Wildman–Crippen MR) is 124 cm³/mol. The van der Waals surface area contributed by atoms with Gasteiger partial charge in [-0.3, -0.25) is 9.69 Å². The molecule has 0 amide bonds. The molecular formula is C24H22FN3O7. The number of carboxylic acid groups (broad SMARTS) is 2. The Hall–Kier alpha value is -3.96. The van der Waals surface area contributed by atoms with Crippen molar-refractivity contribution >= 4 is 28.5 Å². The first-order chi connectivity index (χ1) is 16.8. The number of ether oxygens (including phenoxy) is 2. The van der Waals surface area contributed by atoms with Crippen molar-refractivity contribution in [3.63, 3.8) is 0 Å². The number of hydrogen-bond donors (Lipinski definition) is 3. The molecule has 10 nitrogen and oxygen atoms in total. The summed E-state index contributed by atoms with van der Waals surface area (Å²) < 4.78 is 28.0. The zero-order valence-corrected chi connectivity index (χ0v) is 18.5. The van der Waals surface area contributed by atoms with E-state index in [4.69, 9.17) is 9.47 Å². The summed E-state index contributed by atoms with van der Waals surface area (Å²) in [5, 5.41) is 21.8. The van der Waals surface area contributed by atoms with Gasteiger partial charge in [-0.05, 0) is 37.2 Å². The first-order valence-corrected chi connectivity index (χ1v) is 11.1. The molecule has 3 aromatic rings. The number of morpholine rings is 1. The van der Waals surface area contributed by atoms with Gasteiger partial charge in [-0.25, -0.2) is 14.0 Å². The van der Waals surface area contributed by atoms with Gasteiger partial charge in [-0.1, -0.05) is 0 Å². The molecule has 1 saturated heterocycles. The SMILES string of the molecule is O=C(O)c1ccc2c(c1)Oc1c(NCCCN3CCOCC3)c(F)cc3c(=O)c(C(=O)O)cn-2c13. The average Bonchev–Trinajstić information content (AvgIpc) is 2.84. The number of aromatic carboxylic acids is 2. The van der Waals surface area contributed by atoms with Crippen molar-refractivity contribution in [2.75, 3.05) is 44.7 Å². The highest BCUT2D eigenvalue weighted by Gasteiger charge is 2.29. The first kappa shape index (κ1) is 22.8. The van der Waals surface area contributed by atoms with Crippen molar-refractivity contribution in [2.45, 2.75) is 6.42 Å². The van der Waals surface area contributed by atoms with E-state index >= 15 is 4.39 Å². The third kappa shape index (κ3) is 4.08. The first-order valence-electron chi connectivity index (χ1n) is 11.1. The molecule has 0 spiro atoms. The van der Waals surface area contributed by atoms with Crippen molar-refractivity contribution in [3.8, 4) is 17.2 Å². The molecule has 2 aliphatic rings. The number of pyridine rings is 1. The van der Waals surface area contributed by atoms with E-state index in [0.717, 1.165) is 31.9 Å². The Balaban J connectivity index is 1.58. The number of hydrogen-bond acceptors (Lipinski definition) is 7. The van der Waals surface area contributed by atoms with Crippen LogP contribution in [0.3, 0.4) is 0 Å². The number of halogens is 1. The number of nitrogens with one attached hydrogen (secondary N) is 1. The lowest BCUT2D eigenvalue weighted by molar-refractivity contribution is 0.0378. The minimum absolute atomic E-state index is 0.00421. The van der Waals surface area contributed by atoms with E-state index < -0.39 is 28.7 Å². The van der Waals surface area contributed by atoms with Crippen molar-refractivity contribution in [1.82, 2.24) is 9.47 Å². The Morgan fingerprint density at radius 3 is 2.60 bits per heavy atom. The molecular weight excluding hydrogens is 461 g/mol. The van der Waals surface area contributed by atoms with Gasteiger partial charge < -0.3 is 29.6 Å². The zero-order chi connectivity index (χ0) is 24.7. The number of benzene rings is 2. The highest BCUT2D eigenvalue weighted by molar-refractivity contribution is 5.99. The molecule has 2 aliphatic heterocycles. The van der Waals surface area contributed by atoms with Crippen molar-refractivity contribution in [3.05, 3.63) is 57.6 Å². The molecule has 0 saturated carbocycles. The second kappa shape index (κ2) is 9.01. The Morgan fingerprint density at radius 1 is 1.11 bits per heavy atom. The Kier molecular flexibility index (Phi) is 5.87. The molecule has 3 N–H and O–H groups in total. The van der Waals surface area contributed by atoms with Gasteiger partial charge in [0.2, 0.25) is 5.43 Å². The summed E-state index contributed by atoms with van der Waals surface area (Å²) in [5.74, 6) is -3.32. The van der Waals surface area contributed by atoms with Crippen LogP contribution in [0, 0.1) is 5.82 Å². The van der Waals surface area contributed by atoms with Gasteiger partial charge in [0.1, 0.15) is 16.8 Å². The van der Waals surface area contributed by atoms with Gasteiger partial charge in [-0.15, -0.1) is 0 Å². The van der Waals surface area contributed by atoms with Crippen molar-refractivity contribution in [2.24, 2.45) is 0 Å². The quantitative estimate of drug-likeness (QED) is 0.340. The lowest BCUT2D eigenvalue weighted by atomic mass is 10.1. The van der Waals surface area contributed by atoms with E-state index in [1.54, 1.807) is 0 Å². The molecule has 0 radical (unpaired) electrons. The second-order valence-electron chi connectivity index (χ2n) is 8.33. The summed E-state index contributed by atoms with van der Waals surface area (Å²) in [7, 11) is 0. The highest BCUT2D eigenvalue weighted by Crippen LogP contribution is 2.45. The molecule has 35 heavy (non-hydrogen) atoms. The molecule has 11 heteroatoms. The summed E-state index contributed by atoms with van der Waals surface area (Å²) in [6.45, 7) is 4.23. The summed E-state index contributed by atoms with van der Waals surface area (Å²) in [5.41, 5.74) is -0.879. The summed E-state index contributed by atoms with van der Waals surface area (Å²) in [6, 6.07) is 5.08. The van der Waals surface area contributed by atoms with E-state index in [1.165, 1.54) is 22.8 Å². The molecule has 0 aliphatic carbocycles. The molecule has 0 unspecified atom stereocenters. The fourth-order valence-electron chi connectivity index (χ4n) is 4.41. The standard InChI is InChI=1S/C24H22FN3O7/c25-16-11-14-20-22(19(16)26-4-1-5-27-6-8-34-9-7-27)35-18-10-13(23(30)31)2-3-17(18)28(20)12-15(21(14)29)24(32)33/h2-3,10-12,26H,1,4-9H2,(H,30,31)(H,32,33). The minimum Gasteiger partial charge on any atom is -0.478 e. The van der Waals surface area contributed by atoms with Gasteiger partial charge in [0.05, 0.1) is 29.9 Å². The van der Waals surface area contributed by atoms with Crippen LogP contribution in [0.25, 0.3) is 16.6 Å². The van der Waals surface area contributed by atoms with E-state index in [9.17, 15) is 24.6 Å². The van der Waals surface area contributed by atoms with Crippen LogP contribution in [0.2, 0.25) is 0 Å². The Bertz CT molecular complexity index is 1410. The maximum atomic E-state index is 15.2.